The molecular weight excluding hydrogens is 392 g/mol. The summed E-state index contributed by atoms with van der Waals surface area (Å²) in [5, 5.41) is 8.86. The van der Waals surface area contributed by atoms with Crippen LogP contribution in [0, 0.1) is 6.92 Å². The highest BCUT2D eigenvalue weighted by Crippen LogP contribution is 2.24. The number of aromatic nitrogens is 2. The normalized spacial score (nSPS) is 13.0. The van der Waals surface area contributed by atoms with Gasteiger partial charge in [0.25, 0.3) is 0 Å². The van der Waals surface area contributed by atoms with Gasteiger partial charge in [0, 0.05) is 36.2 Å². The van der Waals surface area contributed by atoms with E-state index in [0.29, 0.717) is 23.1 Å². The molecule has 0 spiro atoms. The number of benzene rings is 2. The van der Waals surface area contributed by atoms with Crippen molar-refractivity contribution >= 4 is 34.9 Å². The Hall–Kier alpha value is -3.81. The maximum Gasteiger partial charge on any atom is 0.323 e. The van der Waals surface area contributed by atoms with Crippen molar-refractivity contribution < 1.29 is 9.53 Å². The Labute approximate surface area is 181 Å². The number of anilines is 5. The lowest BCUT2D eigenvalue weighted by atomic mass is 10.2. The van der Waals surface area contributed by atoms with E-state index in [1.807, 2.05) is 49.4 Å². The molecule has 2 amide bonds. The van der Waals surface area contributed by atoms with E-state index in [1.165, 1.54) is 12.8 Å². The van der Waals surface area contributed by atoms with E-state index in [9.17, 15) is 4.79 Å². The number of urea groups is 1. The van der Waals surface area contributed by atoms with E-state index in [2.05, 4.69) is 30.8 Å². The van der Waals surface area contributed by atoms with E-state index in [0.717, 1.165) is 30.3 Å². The number of methoxy groups -OCH3 is 1. The Morgan fingerprint density at radius 2 is 1.68 bits per heavy atom. The average molecular weight is 419 g/mol. The van der Waals surface area contributed by atoms with E-state index >= 15 is 0 Å². The molecule has 1 saturated heterocycles. The van der Waals surface area contributed by atoms with Crippen LogP contribution in [0.5, 0.6) is 5.75 Å². The summed E-state index contributed by atoms with van der Waals surface area (Å²) in [5.41, 5.74) is 3.03. The molecule has 31 heavy (non-hydrogen) atoms. The summed E-state index contributed by atoms with van der Waals surface area (Å²) in [7, 11) is 1.57. The zero-order valence-electron chi connectivity index (χ0n) is 17.7. The smallest absolute Gasteiger partial charge is 0.323 e. The van der Waals surface area contributed by atoms with Crippen molar-refractivity contribution in [3.05, 3.63) is 60.3 Å². The van der Waals surface area contributed by atoms with Gasteiger partial charge in [-0.2, -0.15) is 4.98 Å². The van der Waals surface area contributed by atoms with Gasteiger partial charge >= 0.3 is 6.03 Å². The lowest BCUT2D eigenvalue weighted by Gasteiger charge is -2.17. The molecule has 1 aromatic heterocycles. The molecule has 1 fully saturated rings. The van der Waals surface area contributed by atoms with Gasteiger partial charge in [-0.05, 0) is 56.2 Å². The minimum atomic E-state index is -0.345. The fourth-order valence-electron chi connectivity index (χ4n) is 3.51. The second kappa shape index (κ2) is 9.34. The molecule has 160 valence electrons. The van der Waals surface area contributed by atoms with Crippen molar-refractivity contribution in [2.24, 2.45) is 0 Å². The molecule has 0 saturated carbocycles. The molecule has 0 unspecified atom stereocenters. The van der Waals surface area contributed by atoms with Crippen LogP contribution in [0.25, 0.3) is 0 Å². The zero-order valence-corrected chi connectivity index (χ0v) is 17.7. The summed E-state index contributed by atoms with van der Waals surface area (Å²) in [6.45, 7) is 4.04. The minimum Gasteiger partial charge on any atom is -0.495 e. The summed E-state index contributed by atoms with van der Waals surface area (Å²) >= 11 is 0. The van der Waals surface area contributed by atoms with E-state index in [1.54, 1.807) is 19.2 Å². The summed E-state index contributed by atoms with van der Waals surface area (Å²) < 4.78 is 5.25. The van der Waals surface area contributed by atoms with Gasteiger partial charge in [0.15, 0.2) is 0 Å². The lowest BCUT2D eigenvalue weighted by molar-refractivity contribution is 0.262. The maximum absolute atomic E-state index is 12.3. The molecule has 8 heteroatoms. The number of ether oxygens (including phenoxy) is 1. The average Bonchev–Trinajstić information content (AvgIpc) is 3.30. The number of amides is 2. The first-order valence-electron chi connectivity index (χ1n) is 10.3. The first-order chi connectivity index (χ1) is 15.1. The Kier molecular flexibility index (Phi) is 6.16. The largest absolute Gasteiger partial charge is 0.495 e. The van der Waals surface area contributed by atoms with Crippen LogP contribution < -0.4 is 25.6 Å². The molecule has 1 aliphatic heterocycles. The van der Waals surface area contributed by atoms with Gasteiger partial charge < -0.3 is 25.6 Å². The van der Waals surface area contributed by atoms with E-state index < -0.39 is 0 Å². The molecule has 2 heterocycles. The number of rotatable bonds is 6. The van der Waals surface area contributed by atoms with Crippen LogP contribution in [0.2, 0.25) is 0 Å². The van der Waals surface area contributed by atoms with Crippen molar-refractivity contribution in [3.8, 4) is 5.75 Å². The van der Waals surface area contributed by atoms with Crippen molar-refractivity contribution in [1.29, 1.82) is 0 Å². The first-order valence-corrected chi connectivity index (χ1v) is 10.3. The molecule has 0 aliphatic carbocycles. The lowest BCUT2D eigenvalue weighted by Crippen LogP contribution is -2.20. The summed E-state index contributed by atoms with van der Waals surface area (Å²) in [6, 6.07) is 16.3. The van der Waals surface area contributed by atoms with Crippen molar-refractivity contribution in [3.63, 3.8) is 0 Å². The molecule has 0 radical (unpaired) electrons. The number of hydrogen-bond donors (Lipinski definition) is 3. The molecule has 0 bridgehead atoms. The number of aryl methyl sites for hydroxylation is 1. The predicted octanol–water partition coefficient (Wildman–Crippen LogP) is 4.78. The Bertz CT molecular complexity index is 1050. The fraction of sp³-hybridized carbons (Fsp3) is 0.261. The maximum atomic E-state index is 12.3. The Balaban J connectivity index is 1.39. The van der Waals surface area contributed by atoms with Crippen LogP contribution in [0.15, 0.2) is 54.6 Å². The molecular formula is C23H26N6O2. The van der Waals surface area contributed by atoms with Crippen LogP contribution >= 0.6 is 0 Å². The summed E-state index contributed by atoms with van der Waals surface area (Å²) in [5.74, 6) is 2.12. The van der Waals surface area contributed by atoms with Crippen molar-refractivity contribution in [2.45, 2.75) is 19.8 Å². The van der Waals surface area contributed by atoms with Gasteiger partial charge in [0.1, 0.15) is 11.6 Å². The molecule has 3 aromatic rings. The van der Waals surface area contributed by atoms with Crippen molar-refractivity contribution in [1.82, 2.24) is 9.97 Å². The molecule has 3 N–H and O–H groups in total. The zero-order chi connectivity index (χ0) is 21.6. The van der Waals surface area contributed by atoms with Crippen LogP contribution in [-0.4, -0.2) is 36.2 Å². The van der Waals surface area contributed by atoms with Gasteiger partial charge in [0.05, 0.1) is 12.8 Å². The Morgan fingerprint density at radius 1 is 0.968 bits per heavy atom. The van der Waals surface area contributed by atoms with Crippen molar-refractivity contribution in [2.75, 3.05) is 41.0 Å². The number of nitrogens with one attached hydrogen (secondary N) is 3. The van der Waals surface area contributed by atoms with Crippen LogP contribution in [0.4, 0.5) is 33.6 Å². The third kappa shape index (κ3) is 5.22. The van der Waals surface area contributed by atoms with Gasteiger partial charge in [-0.3, -0.25) is 0 Å². The topological polar surface area (TPSA) is 91.4 Å². The van der Waals surface area contributed by atoms with Gasteiger partial charge in [-0.1, -0.05) is 12.1 Å². The van der Waals surface area contributed by atoms with E-state index in [4.69, 9.17) is 4.74 Å². The monoisotopic (exact) mass is 418 g/mol. The highest BCUT2D eigenvalue weighted by atomic mass is 16.5. The molecule has 0 atom stereocenters. The highest BCUT2D eigenvalue weighted by molar-refractivity contribution is 6.00. The number of carbonyl (C=O) groups excluding carboxylic acids is 1. The number of carbonyl (C=O) groups is 1. The number of nitrogens with zero attached hydrogens (tertiary/aromatic N) is 3. The van der Waals surface area contributed by atoms with Crippen LogP contribution in [-0.2, 0) is 0 Å². The molecule has 4 rings (SSSR count). The highest BCUT2D eigenvalue weighted by Gasteiger charge is 2.15. The molecule has 8 nitrogen and oxygen atoms in total. The van der Waals surface area contributed by atoms with Gasteiger partial charge in [-0.25, -0.2) is 9.78 Å². The van der Waals surface area contributed by atoms with E-state index in [-0.39, 0.29) is 6.03 Å². The van der Waals surface area contributed by atoms with Gasteiger partial charge in [0.2, 0.25) is 5.95 Å². The first kappa shape index (κ1) is 20.5. The van der Waals surface area contributed by atoms with Crippen LogP contribution in [0.3, 0.4) is 0 Å². The quantitative estimate of drug-likeness (QED) is 0.534. The van der Waals surface area contributed by atoms with Gasteiger partial charge in [-0.15, -0.1) is 0 Å². The predicted molar refractivity (Wildman–Crippen MR) is 124 cm³/mol. The molecule has 2 aromatic carbocycles. The second-order valence-corrected chi connectivity index (χ2v) is 7.37. The fourth-order valence-corrected chi connectivity index (χ4v) is 3.51. The summed E-state index contributed by atoms with van der Waals surface area (Å²) in [4.78, 5) is 23.7. The molecule has 1 aliphatic rings. The number of hydrogen-bond acceptors (Lipinski definition) is 6. The van der Waals surface area contributed by atoms with Crippen LogP contribution in [0.1, 0.15) is 18.5 Å². The summed E-state index contributed by atoms with van der Waals surface area (Å²) in [6.07, 6.45) is 2.40. The second-order valence-electron chi connectivity index (χ2n) is 7.37. The third-order valence-electron chi connectivity index (χ3n) is 5.02. The number of para-hydroxylation sites is 2. The Morgan fingerprint density at radius 3 is 2.42 bits per heavy atom. The SMILES string of the molecule is COc1ccccc1NC(=O)Nc1ccc(Nc2nc(C)cc(N3CCCC3)n2)cc1. The minimum absolute atomic E-state index is 0.345. The third-order valence-corrected chi connectivity index (χ3v) is 5.02. The standard InChI is InChI=1S/C23H26N6O2/c1-16-15-21(29-13-5-6-14-29)28-22(24-16)25-17-9-11-18(12-10-17)26-23(30)27-19-7-3-4-8-20(19)31-2/h3-4,7-12,15H,5-6,13-14H2,1-2H3,(H,24,25,28)(H2,26,27,30).